The van der Waals surface area contributed by atoms with Gasteiger partial charge in [0.05, 0.1) is 11.6 Å². The molecule has 1 saturated heterocycles. The largest absolute Gasteiger partial charge is 0.398 e. The second-order valence-electron chi connectivity index (χ2n) is 5.64. The zero-order valence-electron chi connectivity index (χ0n) is 12.6. The van der Waals surface area contributed by atoms with Crippen molar-refractivity contribution in [2.45, 2.75) is 32.4 Å². The fourth-order valence-corrected chi connectivity index (χ4v) is 3.09. The minimum absolute atomic E-state index is 0.438. The number of aromatic nitrogens is 1. The van der Waals surface area contributed by atoms with Crippen LogP contribution in [0.15, 0.2) is 30.5 Å². The van der Waals surface area contributed by atoms with Crippen molar-refractivity contribution in [1.82, 2.24) is 9.88 Å². The zero-order chi connectivity index (χ0) is 14.7. The maximum atomic E-state index is 6.04. The Labute approximate surface area is 125 Å². The van der Waals surface area contributed by atoms with Crippen LogP contribution in [-0.4, -0.2) is 35.7 Å². The minimum atomic E-state index is 0.438. The van der Waals surface area contributed by atoms with Crippen molar-refractivity contribution in [2.75, 3.05) is 25.4 Å². The smallest absolute Gasteiger partial charge is 0.0767 e. The number of hydrogen-bond acceptors (Lipinski definition) is 4. The van der Waals surface area contributed by atoms with Crippen molar-refractivity contribution in [3.63, 3.8) is 0 Å². The van der Waals surface area contributed by atoms with Gasteiger partial charge in [-0.15, -0.1) is 0 Å². The van der Waals surface area contributed by atoms with Crippen LogP contribution in [0.1, 0.15) is 25.3 Å². The van der Waals surface area contributed by atoms with E-state index in [-0.39, 0.29) is 0 Å². The lowest BCUT2D eigenvalue weighted by Crippen LogP contribution is -2.36. The summed E-state index contributed by atoms with van der Waals surface area (Å²) in [5.41, 5.74) is 9.13. The van der Waals surface area contributed by atoms with Crippen LogP contribution in [0.2, 0.25) is 0 Å². The zero-order valence-corrected chi connectivity index (χ0v) is 12.6. The number of hydrogen-bond donors (Lipinski definition) is 1. The first kappa shape index (κ1) is 14.3. The monoisotopic (exact) mass is 285 g/mol. The molecule has 1 aliphatic rings. The molecule has 0 amide bonds. The van der Waals surface area contributed by atoms with Gasteiger partial charge in [0.15, 0.2) is 0 Å². The van der Waals surface area contributed by atoms with E-state index in [2.05, 4.69) is 22.9 Å². The first-order valence-electron chi connectivity index (χ1n) is 7.74. The Morgan fingerprint density at radius 1 is 1.29 bits per heavy atom. The third-order valence-corrected chi connectivity index (χ3v) is 4.22. The molecular formula is C17H23N3O. The lowest BCUT2D eigenvalue weighted by molar-refractivity contribution is 0.0126. The normalized spacial score (nSPS) is 17.4. The highest BCUT2D eigenvalue weighted by molar-refractivity contribution is 5.92. The number of anilines is 1. The molecule has 21 heavy (non-hydrogen) atoms. The van der Waals surface area contributed by atoms with E-state index in [9.17, 15) is 0 Å². The van der Waals surface area contributed by atoms with E-state index in [0.29, 0.717) is 6.10 Å². The van der Waals surface area contributed by atoms with Crippen LogP contribution in [0, 0.1) is 0 Å². The van der Waals surface area contributed by atoms with Gasteiger partial charge in [-0.3, -0.25) is 9.88 Å². The van der Waals surface area contributed by atoms with Crippen LogP contribution in [0.25, 0.3) is 10.9 Å². The first-order valence-corrected chi connectivity index (χ1v) is 7.74. The van der Waals surface area contributed by atoms with Crippen molar-refractivity contribution >= 4 is 16.6 Å². The standard InChI is InChI=1S/C17H23N3O/c1-2-21-14-7-10-20(11-8-14)12-13-5-6-16(18)15-4-3-9-19-17(13)15/h3-6,9,14H,2,7-8,10-12,18H2,1H3. The molecule has 0 unspecified atom stereocenters. The summed E-state index contributed by atoms with van der Waals surface area (Å²) < 4.78 is 5.71. The summed E-state index contributed by atoms with van der Waals surface area (Å²) in [6.45, 7) is 6.00. The van der Waals surface area contributed by atoms with Crippen molar-refractivity contribution in [3.05, 3.63) is 36.0 Å². The number of pyridine rings is 1. The highest BCUT2D eigenvalue weighted by Crippen LogP contribution is 2.25. The summed E-state index contributed by atoms with van der Waals surface area (Å²) in [5, 5.41) is 1.05. The summed E-state index contributed by atoms with van der Waals surface area (Å²) in [6.07, 6.45) is 4.52. The maximum absolute atomic E-state index is 6.04. The van der Waals surface area contributed by atoms with Gasteiger partial charge in [0, 0.05) is 43.5 Å². The van der Waals surface area contributed by atoms with Gasteiger partial charge in [0.2, 0.25) is 0 Å². The number of piperidine rings is 1. The van der Waals surface area contributed by atoms with Crippen LogP contribution < -0.4 is 5.73 Å². The Bertz CT molecular complexity index is 606. The van der Waals surface area contributed by atoms with Gasteiger partial charge >= 0.3 is 0 Å². The highest BCUT2D eigenvalue weighted by atomic mass is 16.5. The predicted octanol–water partition coefficient (Wildman–Crippen LogP) is 2.82. The Hall–Kier alpha value is -1.65. The Kier molecular flexibility index (Phi) is 4.36. The van der Waals surface area contributed by atoms with E-state index < -0.39 is 0 Å². The molecule has 2 heterocycles. The average molecular weight is 285 g/mol. The molecule has 1 aromatic carbocycles. The predicted molar refractivity (Wildman–Crippen MR) is 86.1 cm³/mol. The summed E-state index contributed by atoms with van der Waals surface area (Å²) in [7, 11) is 0. The van der Waals surface area contributed by atoms with E-state index in [1.165, 1.54) is 5.56 Å². The Morgan fingerprint density at radius 2 is 2.10 bits per heavy atom. The van der Waals surface area contributed by atoms with Gasteiger partial charge in [-0.05, 0) is 43.5 Å². The molecule has 4 heteroatoms. The van der Waals surface area contributed by atoms with E-state index in [1.54, 1.807) is 0 Å². The molecule has 0 saturated carbocycles. The number of nitrogen functional groups attached to an aromatic ring is 1. The number of likely N-dealkylation sites (tertiary alicyclic amines) is 1. The molecule has 1 aromatic heterocycles. The van der Waals surface area contributed by atoms with Crippen LogP contribution in [0.5, 0.6) is 0 Å². The number of rotatable bonds is 4. The van der Waals surface area contributed by atoms with E-state index in [0.717, 1.165) is 55.7 Å². The van der Waals surface area contributed by atoms with Crippen molar-refractivity contribution in [3.8, 4) is 0 Å². The average Bonchev–Trinajstić information content (AvgIpc) is 2.52. The molecule has 0 bridgehead atoms. The second-order valence-corrected chi connectivity index (χ2v) is 5.64. The van der Waals surface area contributed by atoms with E-state index in [4.69, 9.17) is 10.5 Å². The van der Waals surface area contributed by atoms with Crippen molar-refractivity contribution < 1.29 is 4.74 Å². The van der Waals surface area contributed by atoms with Gasteiger partial charge < -0.3 is 10.5 Å². The lowest BCUT2D eigenvalue weighted by Gasteiger charge is -2.31. The molecule has 3 rings (SSSR count). The van der Waals surface area contributed by atoms with Gasteiger partial charge in [-0.1, -0.05) is 6.07 Å². The molecule has 2 aromatic rings. The van der Waals surface area contributed by atoms with E-state index in [1.807, 2.05) is 24.4 Å². The van der Waals surface area contributed by atoms with Crippen LogP contribution in [0.3, 0.4) is 0 Å². The van der Waals surface area contributed by atoms with E-state index >= 15 is 0 Å². The van der Waals surface area contributed by atoms with Crippen LogP contribution in [0.4, 0.5) is 5.69 Å². The maximum Gasteiger partial charge on any atom is 0.0767 e. The Morgan fingerprint density at radius 3 is 2.86 bits per heavy atom. The highest BCUT2D eigenvalue weighted by Gasteiger charge is 2.20. The van der Waals surface area contributed by atoms with Crippen molar-refractivity contribution in [2.24, 2.45) is 0 Å². The van der Waals surface area contributed by atoms with Crippen LogP contribution >= 0.6 is 0 Å². The lowest BCUT2D eigenvalue weighted by atomic mass is 10.0. The molecule has 2 N–H and O–H groups in total. The SMILES string of the molecule is CCOC1CCN(Cc2ccc(N)c3cccnc23)CC1. The molecule has 1 fully saturated rings. The molecular weight excluding hydrogens is 262 g/mol. The minimum Gasteiger partial charge on any atom is -0.398 e. The van der Waals surface area contributed by atoms with Gasteiger partial charge in [-0.2, -0.15) is 0 Å². The molecule has 112 valence electrons. The number of fused-ring (bicyclic) bond motifs is 1. The van der Waals surface area contributed by atoms with Crippen LogP contribution in [-0.2, 0) is 11.3 Å². The third-order valence-electron chi connectivity index (χ3n) is 4.22. The molecule has 0 radical (unpaired) electrons. The fourth-order valence-electron chi connectivity index (χ4n) is 3.09. The van der Waals surface area contributed by atoms with Crippen molar-refractivity contribution in [1.29, 1.82) is 0 Å². The number of nitrogens with two attached hydrogens (primary N) is 1. The summed E-state index contributed by atoms with van der Waals surface area (Å²) in [4.78, 5) is 7.00. The topological polar surface area (TPSA) is 51.4 Å². The Balaban J connectivity index is 1.73. The van der Waals surface area contributed by atoms with Gasteiger partial charge in [-0.25, -0.2) is 0 Å². The molecule has 1 aliphatic heterocycles. The first-order chi connectivity index (χ1) is 10.3. The summed E-state index contributed by atoms with van der Waals surface area (Å²) >= 11 is 0. The summed E-state index contributed by atoms with van der Waals surface area (Å²) in [6, 6.07) is 8.09. The van der Waals surface area contributed by atoms with Gasteiger partial charge in [0.25, 0.3) is 0 Å². The number of nitrogens with zero attached hydrogens (tertiary/aromatic N) is 2. The third kappa shape index (κ3) is 3.17. The fraction of sp³-hybridized carbons (Fsp3) is 0.471. The number of ether oxygens (including phenoxy) is 1. The second kappa shape index (κ2) is 6.41. The molecule has 4 nitrogen and oxygen atoms in total. The summed E-state index contributed by atoms with van der Waals surface area (Å²) in [5.74, 6) is 0. The molecule has 0 aliphatic carbocycles. The quantitative estimate of drug-likeness (QED) is 0.878. The molecule has 0 atom stereocenters. The van der Waals surface area contributed by atoms with Gasteiger partial charge in [0.1, 0.15) is 0 Å². The number of benzene rings is 1. The molecule has 0 spiro atoms.